The van der Waals surface area contributed by atoms with Crippen LogP contribution in [0.3, 0.4) is 0 Å². The maximum atomic E-state index is 0. The van der Waals surface area contributed by atoms with Gasteiger partial charge in [-0.25, -0.2) is 0 Å². The van der Waals surface area contributed by atoms with E-state index in [-0.39, 0.29) is 67.6 Å². The van der Waals surface area contributed by atoms with Crippen LogP contribution in [0, 0.1) is 7.43 Å². The Morgan fingerprint density at radius 3 is 0.375 bits per heavy atom. The quantitative estimate of drug-likeness (QED) is 0.478. The van der Waals surface area contributed by atoms with Gasteiger partial charge in [-0.15, -0.1) is 0 Å². The molecular weight excluding hydrogens is 220 g/mol. The Kier molecular flexibility index (Phi) is 101000. The Hall–Kier alpha value is 0.682. The fourth-order valence-corrected chi connectivity index (χ4v) is 0. The predicted octanol–water partition coefficient (Wildman–Crippen LogP) is -0.982. The molecule has 0 atom stereocenters. The smallest absolute Gasteiger partial charge is 0.870 e. The summed E-state index contributed by atoms with van der Waals surface area (Å²) < 4.78 is 0. The number of hydrogen-bond acceptors (Lipinski definition) is 6. The Labute approximate surface area is 67.9 Å². The van der Waals surface area contributed by atoms with Crippen molar-refractivity contribution < 1.29 is 60.2 Å². The van der Waals surface area contributed by atoms with Gasteiger partial charge in [0, 0.05) is 0 Å². The van der Waals surface area contributed by atoms with Gasteiger partial charge in [-0.05, 0) is 0 Å². The molecule has 0 aromatic rings. The van der Waals surface area contributed by atoms with Gasteiger partial charge in [0.15, 0.2) is 0 Å². The summed E-state index contributed by atoms with van der Waals surface area (Å²) in [5, 5.41) is 0. The van der Waals surface area contributed by atoms with Gasteiger partial charge in [0.25, 0.3) is 0 Å². The molecule has 0 spiro atoms. The summed E-state index contributed by atoms with van der Waals surface area (Å²) in [6, 6.07) is 0. The molecule has 0 aromatic heterocycles. The summed E-state index contributed by atoms with van der Waals surface area (Å²) in [4.78, 5) is 0. The van der Waals surface area contributed by atoms with Crippen LogP contribution in [-0.2, 0) is 27.3 Å². The van der Waals surface area contributed by atoms with Crippen LogP contribution in [0.4, 0.5) is 0 Å². The maximum Gasteiger partial charge on any atom is 4.00 e. The Morgan fingerprint density at radius 1 is 0.375 bits per heavy atom. The minimum Gasteiger partial charge on any atom is -0.870 e. The molecule has 8 heavy (non-hydrogen) atoms. The Morgan fingerprint density at radius 2 is 0.375 bits per heavy atom. The van der Waals surface area contributed by atoms with Crippen LogP contribution in [0.1, 0.15) is 0 Å². The summed E-state index contributed by atoms with van der Waals surface area (Å²) in [5.74, 6) is 0. The van der Waals surface area contributed by atoms with Crippen LogP contribution in [0.5, 0.6) is 0 Å². The van der Waals surface area contributed by atoms with E-state index in [4.69, 9.17) is 0 Å². The molecule has 0 rings (SSSR count). The van der Waals surface area contributed by atoms with Gasteiger partial charge in [-0.1, -0.05) is 0 Å². The topological polar surface area (TPSA) is 180 Å². The van der Waals surface area contributed by atoms with Crippen molar-refractivity contribution in [3.8, 4) is 0 Å². The van der Waals surface area contributed by atoms with Crippen molar-refractivity contribution in [1.82, 2.24) is 0 Å². The summed E-state index contributed by atoms with van der Waals surface area (Å²) in [5.41, 5.74) is 0. The van der Waals surface area contributed by atoms with Gasteiger partial charge in [-0.3, -0.25) is 0 Å². The first kappa shape index (κ1) is 1100. The van der Waals surface area contributed by atoms with E-state index in [2.05, 4.69) is 0 Å². The van der Waals surface area contributed by atoms with Crippen molar-refractivity contribution in [2.45, 2.75) is 0 Å². The molecule has 0 aromatic carbocycles. The van der Waals surface area contributed by atoms with Crippen LogP contribution in [-0.4, -0.2) is 32.9 Å². The molecule has 0 unspecified atom stereocenters. The van der Waals surface area contributed by atoms with Crippen molar-refractivity contribution in [2.24, 2.45) is 0 Å². The summed E-state index contributed by atoms with van der Waals surface area (Å²) in [6.07, 6.45) is 0. The molecule has 0 aliphatic carbocycles. The van der Waals surface area contributed by atoms with Gasteiger partial charge < -0.3 is 32.9 Å². The zero-order valence-corrected chi connectivity index (χ0v) is 7.93. The van der Waals surface area contributed by atoms with Gasteiger partial charge in [0.1, 0.15) is 0 Å². The standard InChI is InChI=1S/C.Cd.6H2O/h;;6*1H2/q+4;+2;;;;;;/p-6. The average Bonchev–Trinajstić information content (AvgIpc) is 0. The molecule has 6 nitrogen and oxygen atoms in total. The third-order valence-electron chi connectivity index (χ3n) is 0. The minimum absolute atomic E-state index is 0. The molecule has 0 amide bonds. The van der Waals surface area contributed by atoms with Gasteiger partial charge >= 0.3 is 34.7 Å². The molecule has 0 aliphatic rings. The van der Waals surface area contributed by atoms with E-state index in [1.165, 1.54) is 0 Å². The maximum absolute atomic E-state index is 0. The van der Waals surface area contributed by atoms with Crippen LogP contribution < -0.4 is 0 Å². The first-order chi connectivity index (χ1) is 0. The molecule has 0 saturated carbocycles. The van der Waals surface area contributed by atoms with E-state index in [1.807, 2.05) is 0 Å². The zero-order chi connectivity index (χ0) is 0. The van der Waals surface area contributed by atoms with Crippen LogP contribution in [0.15, 0.2) is 0 Å². The molecule has 0 fully saturated rings. The molecule has 7 heteroatoms. The second kappa shape index (κ2) is 737. The summed E-state index contributed by atoms with van der Waals surface area (Å²) in [7, 11) is 0. The van der Waals surface area contributed by atoms with E-state index in [1.54, 1.807) is 0 Å². The first-order valence-electron chi connectivity index (χ1n) is 0. The Balaban J connectivity index is 0. The fraction of sp³-hybridized carbons (Fsp3) is 0. The van der Waals surface area contributed by atoms with E-state index >= 15 is 0 Å². The first-order valence-corrected chi connectivity index (χ1v) is 0. The van der Waals surface area contributed by atoms with Crippen molar-refractivity contribution in [1.29, 1.82) is 0 Å². The van der Waals surface area contributed by atoms with Crippen molar-refractivity contribution in [2.75, 3.05) is 0 Å². The largest absolute Gasteiger partial charge is 4.00 e. The number of rotatable bonds is 0. The van der Waals surface area contributed by atoms with Crippen molar-refractivity contribution in [3.05, 3.63) is 7.43 Å². The van der Waals surface area contributed by atoms with Crippen molar-refractivity contribution >= 4 is 0 Å². The molecular formula is CH6CdO6. The third kappa shape index (κ3) is 464. The van der Waals surface area contributed by atoms with Crippen molar-refractivity contribution in [3.63, 3.8) is 0 Å². The average molecular weight is 226 g/mol. The normalized spacial score (nSPS) is 0. The van der Waals surface area contributed by atoms with Crippen LogP contribution in [0.25, 0.3) is 0 Å². The van der Waals surface area contributed by atoms with E-state index in [9.17, 15) is 0 Å². The minimum atomic E-state index is 0. The van der Waals surface area contributed by atoms with E-state index in [0.717, 1.165) is 0 Å². The van der Waals surface area contributed by atoms with Crippen LogP contribution in [0.2, 0.25) is 0 Å². The van der Waals surface area contributed by atoms with Crippen LogP contribution >= 0.6 is 0 Å². The molecule has 0 saturated heterocycles. The summed E-state index contributed by atoms with van der Waals surface area (Å²) >= 11 is 0. The SMILES string of the molecule is [C+4].[Cd+2].[OH-].[OH-].[OH-].[OH-].[OH-].[OH-]. The van der Waals surface area contributed by atoms with E-state index < -0.39 is 0 Å². The molecule has 0 radical (unpaired) electrons. The monoisotopic (exact) mass is 228 g/mol. The zero-order valence-electron chi connectivity index (χ0n) is 3.89. The number of hydrogen-bond donors (Lipinski definition) is 0. The molecule has 0 heterocycles. The molecule has 6 N–H and O–H groups in total. The molecule has 48 valence electrons. The molecule has 0 bridgehead atoms. The second-order valence-corrected chi connectivity index (χ2v) is 0. The summed E-state index contributed by atoms with van der Waals surface area (Å²) in [6.45, 7) is 0. The van der Waals surface area contributed by atoms with Gasteiger partial charge in [0.2, 0.25) is 0 Å². The predicted molar refractivity (Wildman–Crippen MR) is 14.9 cm³/mol. The fourth-order valence-electron chi connectivity index (χ4n) is 0. The van der Waals surface area contributed by atoms with Gasteiger partial charge in [0.05, 0.1) is 0 Å². The second-order valence-electron chi connectivity index (χ2n) is 0. The Bertz CT molecular complexity index is 8.49. The molecule has 0 aliphatic heterocycles. The third-order valence-corrected chi connectivity index (χ3v) is 0. The van der Waals surface area contributed by atoms with E-state index in [0.29, 0.717) is 0 Å². The van der Waals surface area contributed by atoms with Gasteiger partial charge in [-0.2, -0.15) is 0 Å².